The van der Waals surface area contributed by atoms with Gasteiger partial charge in [0.25, 0.3) is 0 Å². The summed E-state index contributed by atoms with van der Waals surface area (Å²) in [6.45, 7) is 8.86. The molecule has 1 aliphatic rings. The molecule has 0 aromatic carbocycles. The van der Waals surface area contributed by atoms with E-state index in [9.17, 15) is 4.79 Å². The van der Waals surface area contributed by atoms with Gasteiger partial charge < -0.3 is 5.73 Å². The first-order valence-corrected chi connectivity index (χ1v) is 5.81. The molecule has 1 saturated heterocycles. The van der Waals surface area contributed by atoms with Gasteiger partial charge in [-0.3, -0.25) is 9.80 Å². The van der Waals surface area contributed by atoms with Crippen molar-refractivity contribution >= 4 is 5.91 Å². The van der Waals surface area contributed by atoms with E-state index < -0.39 is 0 Å². The van der Waals surface area contributed by atoms with Crippen LogP contribution in [0.2, 0.25) is 0 Å². The van der Waals surface area contributed by atoms with Crippen LogP contribution >= 0.6 is 0 Å². The van der Waals surface area contributed by atoms with Gasteiger partial charge in [-0.15, -0.1) is 0 Å². The van der Waals surface area contributed by atoms with E-state index in [1.165, 1.54) is 0 Å². The maximum absolute atomic E-state index is 11.6. The first kappa shape index (κ1) is 12.5. The van der Waals surface area contributed by atoms with Crippen LogP contribution in [-0.2, 0) is 4.79 Å². The molecule has 0 saturated carbocycles. The summed E-state index contributed by atoms with van der Waals surface area (Å²) in [6.07, 6.45) is 1.60. The zero-order valence-electron chi connectivity index (χ0n) is 10.1. The molecular formula is C11H23N3O. The largest absolute Gasteiger partial charge is 0.328 e. The Balaban J connectivity index is 2.44. The van der Waals surface area contributed by atoms with Gasteiger partial charge in [0, 0.05) is 32.1 Å². The minimum absolute atomic E-state index is 0.210. The van der Waals surface area contributed by atoms with Crippen LogP contribution in [0.1, 0.15) is 33.6 Å². The molecule has 0 aliphatic carbocycles. The van der Waals surface area contributed by atoms with Gasteiger partial charge in [-0.25, -0.2) is 5.01 Å². The summed E-state index contributed by atoms with van der Waals surface area (Å²) in [7, 11) is 0. The summed E-state index contributed by atoms with van der Waals surface area (Å²) >= 11 is 0. The molecule has 2 N–H and O–H groups in total. The monoisotopic (exact) mass is 213 g/mol. The van der Waals surface area contributed by atoms with E-state index in [-0.39, 0.29) is 11.9 Å². The summed E-state index contributed by atoms with van der Waals surface area (Å²) in [4.78, 5) is 11.6. The van der Waals surface area contributed by atoms with Crippen LogP contribution in [-0.4, -0.2) is 41.6 Å². The second-order valence-electron chi connectivity index (χ2n) is 4.84. The molecule has 0 radical (unpaired) electrons. The van der Waals surface area contributed by atoms with Crippen molar-refractivity contribution in [2.75, 3.05) is 19.6 Å². The second-order valence-corrected chi connectivity index (χ2v) is 4.84. The SMILES string of the molecule is CC(C)CN1C(=O)CCN1CCC(C)N. The number of hydrogen-bond donors (Lipinski definition) is 1. The van der Waals surface area contributed by atoms with Gasteiger partial charge >= 0.3 is 0 Å². The first-order valence-electron chi connectivity index (χ1n) is 5.81. The van der Waals surface area contributed by atoms with Crippen LogP contribution in [0.5, 0.6) is 0 Å². The number of nitrogens with zero attached hydrogens (tertiary/aromatic N) is 2. The van der Waals surface area contributed by atoms with Crippen LogP contribution in [0.25, 0.3) is 0 Å². The zero-order valence-corrected chi connectivity index (χ0v) is 10.1. The van der Waals surface area contributed by atoms with E-state index in [0.29, 0.717) is 12.3 Å². The van der Waals surface area contributed by atoms with Crippen molar-refractivity contribution in [3.05, 3.63) is 0 Å². The number of carbonyl (C=O) groups excluding carboxylic acids is 1. The molecule has 1 rings (SSSR count). The van der Waals surface area contributed by atoms with E-state index in [4.69, 9.17) is 5.73 Å². The Morgan fingerprint density at radius 1 is 1.40 bits per heavy atom. The van der Waals surface area contributed by atoms with Crippen LogP contribution in [0.3, 0.4) is 0 Å². The third-order valence-corrected chi connectivity index (χ3v) is 2.59. The molecule has 88 valence electrons. The highest BCUT2D eigenvalue weighted by Gasteiger charge is 2.28. The third-order valence-electron chi connectivity index (χ3n) is 2.59. The minimum Gasteiger partial charge on any atom is -0.328 e. The maximum atomic E-state index is 11.6. The molecule has 4 nitrogen and oxygen atoms in total. The van der Waals surface area contributed by atoms with Gasteiger partial charge in [0.2, 0.25) is 5.91 Å². The summed E-state index contributed by atoms with van der Waals surface area (Å²) in [5.74, 6) is 0.776. The standard InChI is InChI=1S/C11H23N3O/c1-9(2)8-14-11(15)5-7-13(14)6-4-10(3)12/h9-10H,4-8,12H2,1-3H3. The van der Waals surface area contributed by atoms with Crippen molar-refractivity contribution in [2.24, 2.45) is 11.7 Å². The normalized spacial score (nSPS) is 20.3. The number of rotatable bonds is 5. The Morgan fingerprint density at radius 2 is 2.07 bits per heavy atom. The summed E-state index contributed by atoms with van der Waals surface area (Å²) < 4.78 is 0. The molecule has 0 spiro atoms. The summed E-state index contributed by atoms with van der Waals surface area (Å²) in [5.41, 5.74) is 5.72. The Hall–Kier alpha value is -0.610. The van der Waals surface area contributed by atoms with Gasteiger partial charge in [-0.1, -0.05) is 13.8 Å². The van der Waals surface area contributed by atoms with Crippen LogP contribution in [0, 0.1) is 5.92 Å². The fourth-order valence-electron chi connectivity index (χ4n) is 1.78. The number of carbonyl (C=O) groups is 1. The highest BCUT2D eigenvalue weighted by Crippen LogP contribution is 2.14. The third kappa shape index (κ3) is 3.80. The molecule has 1 atom stereocenters. The average Bonchev–Trinajstić information content (AvgIpc) is 2.44. The van der Waals surface area contributed by atoms with Gasteiger partial charge in [-0.05, 0) is 19.3 Å². The van der Waals surface area contributed by atoms with Gasteiger partial charge in [0.1, 0.15) is 0 Å². The molecule has 1 unspecified atom stereocenters. The highest BCUT2D eigenvalue weighted by atomic mass is 16.2. The van der Waals surface area contributed by atoms with Crippen LogP contribution < -0.4 is 5.73 Å². The lowest BCUT2D eigenvalue weighted by Gasteiger charge is -2.29. The molecule has 1 aliphatic heterocycles. The molecule has 0 bridgehead atoms. The van der Waals surface area contributed by atoms with Gasteiger partial charge in [-0.2, -0.15) is 0 Å². The van der Waals surface area contributed by atoms with Crippen molar-refractivity contribution in [3.63, 3.8) is 0 Å². The van der Waals surface area contributed by atoms with E-state index in [0.717, 1.165) is 26.1 Å². The fourth-order valence-corrected chi connectivity index (χ4v) is 1.78. The Kier molecular flexibility index (Phi) is 4.54. The topological polar surface area (TPSA) is 49.6 Å². The Bertz CT molecular complexity index is 216. The smallest absolute Gasteiger partial charge is 0.238 e. The van der Waals surface area contributed by atoms with Crippen molar-refractivity contribution in [3.8, 4) is 0 Å². The fraction of sp³-hybridized carbons (Fsp3) is 0.909. The lowest BCUT2D eigenvalue weighted by molar-refractivity contribution is -0.139. The molecule has 0 aromatic rings. The summed E-state index contributed by atoms with van der Waals surface area (Å²) in [5, 5.41) is 4.04. The minimum atomic E-state index is 0.210. The van der Waals surface area contributed by atoms with Gasteiger partial charge in [0.15, 0.2) is 0 Å². The predicted octanol–water partition coefficient (Wildman–Crippen LogP) is 0.829. The van der Waals surface area contributed by atoms with E-state index >= 15 is 0 Å². The molecule has 15 heavy (non-hydrogen) atoms. The summed E-state index contributed by atoms with van der Waals surface area (Å²) in [6, 6.07) is 0.210. The van der Waals surface area contributed by atoms with Crippen LogP contribution in [0.15, 0.2) is 0 Å². The molecule has 0 aromatic heterocycles. The van der Waals surface area contributed by atoms with Gasteiger partial charge in [0.05, 0.1) is 0 Å². The van der Waals surface area contributed by atoms with Crippen molar-refractivity contribution in [1.29, 1.82) is 0 Å². The number of amides is 1. The van der Waals surface area contributed by atoms with E-state index in [1.807, 2.05) is 11.9 Å². The number of nitrogens with two attached hydrogens (primary N) is 1. The molecule has 1 fully saturated rings. The molecule has 1 amide bonds. The number of hydrogen-bond acceptors (Lipinski definition) is 3. The molecule has 1 heterocycles. The quantitative estimate of drug-likeness (QED) is 0.736. The molecular weight excluding hydrogens is 190 g/mol. The predicted molar refractivity (Wildman–Crippen MR) is 61.0 cm³/mol. The second kappa shape index (κ2) is 5.47. The lowest BCUT2D eigenvalue weighted by Crippen LogP contribution is -2.42. The molecule has 4 heteroatoms. The van der Waals surface area contributed by atoms with E-state index in [2.05, 4.69) is 18.9 Å². The average molecular weight is 213 g/mol. The van der Waals surface area contributed by atoms with Crippen molar-refractivity contribution in [1.82, 2.24) is 10.0 Å². The van der Waals surface area contributed by atoms with E-state index in [1.54, 1.807) is 0 Å². The zero-order chi connectivity index (χ0) is 11.4. The Morgan fingerprint density at radius 3 is 2.60 bits per heavy atom. The Labute approximate surface area is 92.4 Å². The van der Waals surface area contributed by atoms with Crippen molar-refractivity contribution in [2.45, 2.75) is 39.7 Å². The first-order chi connectivity index (χ1) is 7.00. The van der Waals surface area contributed by atoms with Crippen LogP contribution in [0.4, 0.5) is 0 Å². The highest BCUT2D eigenvalue weighted by molar-refractivity contribution is 5.77. The number of hydrazine groups is 1. The maximum Gasteiger partial charge on any atom is 0.238 e. The van der Waals surface area contributed by atoms with Crippen molar-refractivity contribution < 1.29 is 4.79 Å². The lowest BCUT2D eigenvalue weighted by atomic mass is 10.2.